The van der Waals surface area contributed by atoms with Gasteiger partial charge in [-0.05, 0) is 0 Å². The summed E-state index contributed by atoms with van der Waals surface area (Å²) in [6, 6.07) is 28.9. The van der Waals surface area contributed by atoms with Crippen LogP contribution in [-0.2, 0) is 13.3 Å². The van der Waals surface area contributed by atoms with Crippen LogP contribution in [0.15, 0.2) is 91.4 Å². The quantitative estimate of drug-likeness (QED) is 0.0963. The predicted octanol–water partition coefficient (Wildman–Crippen LogP) is 10.9. The first kappa shape index (κ1) is 45.2. The van der Waals surface area contributed by atoms with E-state index in [1.54, 1.807) is 0 Å². The Morgan fingerprint density at radius 3 is 0.914 bits per heavy atom. The van der Waals surface area contributed by atoms with Crippen molar-refractivity contribution in [2.75, 3.05) is 0 Å². The molecule has 3 aromatic heterocycles. The molecule has 0 amide bonds. The predicted molar refractivity (Wildman–Crippen MR) is 260 cm³/mol. The van der Waals surface area contributed by atoms with Crippen molar-refractivity contribution in [3.05, 3.63) is 91.4 Å². The van der Waals surface area contributed by atoms with Gasteiger partial charge in [-0.2, -0.15) is 0 Å². The molecule has 314 valence electrons. The molecule has 3 heterocycles. The van der Waals surface area contributed by atoms with Crippen molar-refractivity contribution in [1.29, 1.82) is 0 Å². The second-order valence-electron chi connectivity index (χ2n) is 20.9. The summed E-state index contributed by atoms with van der Waals surface area (Å²) in [4.78, 5) is 0. The van der Waals surface area contributed by atoms with E-state index < -0.39 is 48.9 Å². The molecule has 0 saturated carbocycles. The summed E-state index contributed by atoms with van der Waals surface area (Å²) in [6.07, 6.45) is 9.74. The molecule has 0 fully saturated rings. The van der Waals surface area contributed by atoms with Gasteiger partial charge in [0.25, 0.3) is 0 Å². The minimum atomic E-state index is -3.02. The van der Waals surface area contributed by atoms with Crippen LogP contribution in [0.4, 0.5) is 0 Å². The van der Waals surface area contributed by atoms with Crippen LogP contribution in [0.2, 0.25) is 39.3 Å². The van der Waals surface area contributed by atoms with Crippen molar-refractivity contribution < 1.29 is 13.3 Å². The number of aromatic nitrogens is 3. The SMILES string of the molecule is C[SiH](C)OC(CC(C)(C)C)n1ccc2cc[c]([Bi]([c]3ccc4ccn(C(CC(C)(C)C)O[SiH](C)C)c4c3)[c]3ccc4ccn(C(CC(C)(C)C)O[SiH](C)C)c4c3)cc21. The molecule has 3 unspecified atom stereocenters. The standard InChI is InChI=1S/3C16H24NOSi.Bi/c3*1-16(2,3)12-15(18-19(4)5)17-11-10-13-8-6-7-9-14(13)17;/h3*6,8-11,15,19H,12H2,1-5H3;. The molecule has 0 spiro atoms. The fourth-order valence-electron chi connectivity index (χ4n) is 8.18. The van der Waals surface area contributed by atoms with Crippen molar-refractivity contribution in [1.82, 2.24) is 13.7 Å². The van der Waals surface area contributed by atoms with E-state index in [4.69, 9.17) is 13.3 Å². The molecule has 10 heteroatoms. The number of rotatable bonds is 15. The number of fused-ring (bicyclic) bond motifs is 3. The number of hydrogen-bond donors (Lipinski definition) is 0. The zero-order valence-electron chi connectivity index (χ0n) is 38.3. The van der Waals surface area contributed by atoms with Gasteiger partial charge in [0, 0.05) is 0 Å². The summed E-state index contributed by atoms with van der Waals surface area (Å²) < 4.78 is 32.2. The molecule has 6 aromatic rings. The molecular formula is C48H72BiN3O3Si3. The van der Waals surface area contributed by atoms with Crippen LogP contribution in [0.5, 0.6) is 0 Å². The summed E-state index contributed by atoms with van der Waals surface area (Å²) in [5.74, 6) is 0. The maximum atomic E-state index is 6.82. The van der Waals surface area contributed by atoms with Gasteiger partial charge in [-0.25, -0.2) is 0 Å². The molecule has 0 aliphatic rings. The molecule has 0 saturated heterocycles. The van der Waals surface area contributed by atoms with Crippen LogP contribution in [0.25, 0.3) is 32.7 Å². The van der Waals surface area contributed by atoms with E-state index in [-0.39, 0.29) is 34.9 Å². The molecule has 58 heavy (non-hydrogen) atoms. The fourth-order valence-corrected chi connectivity index (χ4v) is 19.8. The van der Waals surface area contributed by atoms with Gasteiger partial charge in [0.15, 0.2) is 0 Å². The summed E-state index contributed by atoms with van der Waals surface area (Å²) in [5.41, 5.74) is 4.23. The van der Waals surface area contributed by atoms with Crippen molar-refractivity contribution >= 4 is 91.4 Å². The van der Waals surface area contributed by atoms with Crippen LogP contribution < -0.4 is 9.81 Å². The molecule has 0 aliphatic carbocycles. The van der Waals surface area contributed by atoms with Crippen molar-refractivity contribution in [3.8, 4) is 0 Å². The van der Waals surface area contributed by atoms with E-state index >= 15 is 0 Å². The van der Waals surface area contributed by atoms with E-state index in [9.17, 15) is 0 Å². The van der Waals surface area contributed by atoms with E-state index in [0.29, 0.717) is 0 Å². The zero-order valence-corrected chi connectivity index (χ0v) is 45.2. The first-order chi connectivity index (χ1) is 27.0. The Bertz CT molecular complexity index is 2050. The Morgan fingerprint density at radius 1 is 0.431 bits per heavy atom. The van der Waals surface area contributed by atoms with E-state index in [1.165, 1.54) is 42.5 Å². The van der Waals surface area contributed by atoms with E-state index in [0.717, 1.165) is 19.3 Å². The summed E-state index contributed by atoms with van der Waals surface area (Å²) >= 11 is -3.02. The molecule has 0 bridgehead atoms. The van der Waals surface area contributed by atoms with Gasteiger partial charge in [-0.15, -0.1) is 0 Å². The Morgan fingerprint density at radius 2 is 0.690 bits per heavy atom. The summed E-state index contributed by atoms with van der Waals surface area (Å²) in [6.45, 7) is 34.7. The van der Waals surface area contributed by atoms with Crippen LogP contribution >= 0.6 is 0 Å². The molecular weight excluding hydrogens is 960 g/mol. The van der Waals surface area contributed by atoms with E-state index in [1.807, 2.05) is 0 Å². The normalized spacial score (nSPS) is 14.9. The fraction of sp³-hybridized carbons (Fsp3) is 0.500. The molecule has 6 rings (SSSR count). The number of nitrogens with zero attached hydrogens (tertiary/aromatic N) is 3. The van der Waals surface area contributed by atoms with Crippen LogP contribution in [0.3, 0.4) is 0 Å². The third-order valence-electron chi connectivity index (χ3n) is 10.5. The first-order valence-corrected chi connectivity index (χ1v) is 35.2. The van der Waals surface area contributed by atoms with Gasteiger partial charge in [0.05, 0.1) is 0 Å². The molecule has 3 atom stereocenters. The Balaban J connectivity index is 1.57. The summed E-state index contributed by atoms with van der Waals surface area (Å²) in [7, 11) is -3.93. The van der Waals surface area contributed by atoms with E-state index in [2.05, 4.69) is 207 Å². The molecule has 3 aromatic carbocycles. The minimum absolute atomic E-state index is 0.0140. The number of hydrogen-bond acceptors (Lipinski definition) is 3. The third kappa shape index (κ3) is 11.3. The Labute approximate surface area is 363 Å². The van der Waals surface area contributed by atoms with Gasteiger partial charge in [-0.3, -0.25) is 0 Å². The van der Waals surface area contributed by atoms with Crippen LogP contribution in [-0.4, -0.2) is 62.6 Å². The molecule has 0 N–H and O–H groups in total. The number of benzene rings is 3. The molecule has 0 aliphatic heterocycles. The van der Waals surface area contributed by atoms with Gasteiger partial charge >= 0.3 is 366 Å². The van der Waals surface area contributed by atoms with Crippen LogP contribution in [0.1, 0.15) is 100 Å². The topological polar surface area (TPSA) is 42.5 Å². The Hall–Kier alpha value is -2.31. The summed E-state index contributed by atoms with van der Waals surface area (Å²) in [5, 5.41) is 3.82. The average molecular weight is 1030 g/mol. The van der Waals surface area contributed by atoms with Crippen LogP contribution in [0, 0.1) is 16.2 Å². The molecule has 6 nitrogen and oxygen atoms in total. The zero-order chi connectivity index (χ0) is 42.3. The van der Waals surface area contributed by atoms with Gasteiger partial charge in [-0.1, -0.05) is 0 Å². The monoisotopic (exact) mass is 1030 g/mol. The second-order valence-corrected chi connectivity index (χ2v) is 36.7. The second kappa shape index (κ2) is 18.0. The van der Waals surface area contributed by atoms with Crippen molar-refractivity contribution in [3.63, 3.8) is 0 Å². The van der Waals surface area contributed by atoms with Gasteiger partial charge in [0.2, 0.25) is 0 Å². The van der Waals surface area contributed by atoms with Crippen molar-refractivity contribution in [2.45, 2.75) is 140 Å². The van der Waals surface area contributed by atoms with Crippen molar-refractivity contribution in [2.24, 2.45) is 16.2 Å². The molecule has 0 radical (unpaired) electrons. The van der Waals surface area contributed by atoms with Gasteiger partial charge in [0.1, 0.15) is 0 Å². The first-order valence-electron chi connectivity index (χ1n) is 21.6. The maximum absolute atomic E-state index is 6.82. The third-order valence-corrected chi connectivity index (χ3v) is 22.3. The Kier molecular flexibility index (Phi) is 14.0. The van der Waals surface area contributed by atoms with Gasteiger partial charge < -0.3 is 0 Å². The average Bonchev–Trinajstić information content (AvgIpc) is 3.81.